The summed E-state index contributed by atoms with van der Waals surface area (Å²) in [6.07, 6.45) is 2.48. The molecule has 23 heavy (non-hydrogen) atoms. The van der Waals surface area contributed by atoms with Crippen molar-refractivity contribution in [3.63, 3.8) is 0 Å². The summed E-state index contributed by atoms with van der Waals surface area (Å²) >= 11 is 0. The van der Waals surface area contributed by atoms with Crippen LogP contribution in [-0.2, 0) is 24.3 Å². The van der Waals surface area contributed by atoms with Gasteiger partial charge in [-0.2, -0.15) is 4.31 Å². The molecular formula is C14H25N3O5S. The van der Waals surface area contributed by atoms with Crippen molar-refractivity contribution in [2.24, 2.45) is 11.8 Å². The monoisotopic (exact) mass is 347 g/mol. The number of ether oxygens (including phenoxy) is 1. The lowest BCUT2D eigenvalue weighted by Crippen LogP contribution is -2.44. The molecule has 0 unspecified atom stereocenters. The van der Waals surface area contributed by atoms with Crippen LogP contribution in [0.2, 0.25) is 0 Å². The van der Waals surface area contributed by atoms with Gasteiger partial charge >= 0.3 is 0 Å². The number of rotatable bonds is 3. The van der Waals surface area contributed by atoms with Crippen LogP contribution in [0.15, 0.2) is 0 Å². The van der Waals surface area contributed by atoms with Gasteiger partial charge in [-0.1, -0.05) is 0 Å². The van der Waals surface area contributed by atoms with Gasteiger partial charge in [0.15, 0.2) is 0 Å². The predicted molar refractivity (Wildman–Crippen MR) is 84.1 cm³/mol. The van der Waals surface area contributed by atoms with Crippen LogP contribution >= 0.6 is 0 Å². The van der Waals surface area contributed by atoms with E-state index < -0.39 is 15.9 Å². The summed E-state index contributed by atoms with van der Waals surface area (Å²) in [5.41, 5.74) is 0. The van der Waals surface area contributed by atoms with E-state index in [2.05, 4.69) is 5.32 Å². The fourth-order valence-electron chi connectivity index (χ4n) is 3.06. The first-order valence-corrected chi connectivity index (χ1v) is 9.71. The van der Waals surface area contributed by atoms with E-state index in [1.54, 1.807) is 4.90 Å². The van der Waals surface area contributed by atoms with Gasteiger partial charge in [0, 0.05) is 52.4 Å². The van der Waals surface area contributed by atoms with Crippen LogP contribution in [0.4, 0.5) is 0 Å². The van der Waals surface area contributed by atoms with E-state index in [4.69, 9.17) is 4.74 Å². The highest BCUT2D eigenvalue weighted by Crippen LogP contribution is 2.20. The van der Waals surface area contributed by atoms with Crippen LogP contribution in [0.1, 0.15) is 12.8 Å². The molecule has 9 heteroatoms. The topological polar surface area (TPSA) is 96.0 Å². The zero-order valence-electron chi connectivity index (χ0n) is 13.7. The molecule has 0 bridgehead atoms. The first-order chi connectivity index (χ1) is 10.8. The minimum absolute atomic E-state index is 0.00226. The summed E-state index contributed by atoms with van der Waals surface area (Å²) in [7, 11) is -1.89. The Hall–Kier alpha value is -1.19. The molecule has 0 aromatic carbocycles. The third kappa shape index (κ3) is 4.65. The van der Waals surface area contributed by atoms with E-state index in [1.165, 1.54) is 11.4 Å². The van der Waals surface area contributed by atoms with Crippen LogP contribution in [0, 0.1) is 11.8 Å². The molecule has 0 radical (unpaired) electrons. The highest BCUT2D eigenvalue weighted by atomic mass is 32.2. The summed E-state index contributed by atoms with van der Waals surface area (Å²) < 4.78 is 30.3. The Morgan fingerprint density at radius 1 is 1.09 bits per heavy atom. The van der Waals surface area contributed by atoms with E-state index >= 15 is 0 Å². The summed E-state index contributed by atoms with van der Waals surface area (Å²) in [5, 5.41) is 2.56. The molecule has 2 aliphatic rings. The maximum absolute atomic E-state index is 12.7. The molecule has 0 aromatic rings. The maximum atomic E-state index is 12.7. The van der Waals surface area contributed by atoms with Gasteiger partial charge in [0.05, 0.1) is 12.2 Å². The Morgan fingerprint density at radius 2 is 1.74 bits per heavy atom. The standard InChI is InChI=1S/C14H25N3O5S/c1-15-13(18)12-9-16(5-6-17(10-12)23(2,20)21)14(19)11-3-7-22-8-4-11/h11-12H,3-10H2,1-2H3,(H,15,18)/t12-/m0/s1. The summed E-state index contributed by atoms with van der Waals surface area (Å²) in [6, 6.07) is 0. The van der Waals surface area contributed by atoms with Crippen LogP contribution in [0.5, 0.6) is 0 Å². The fraction of sp³-hybridized carbons (Fsp3) is 0.857. The first kappa shape index (κ1) is 18.2. The average Bonchev–Trinajstić information content (AvgIpc) is 2.77. The van der Waals surface area contributed by atoms with E-state index in [-0.39, 0.29) is 37.4 Å². The van der Waals surface area contributed by atoms with Crippen molar-refractivity contribution in [1.82, 2.24) is 14.5 Å². The molecule has 2 fully saturated rings. The molecule has 2 rings (SSSR count). The molecule has 2 saturated heterocycles. The third-order valence-electron chi connectivity index (χ3n) is 4.45. The first-order valence-electron chi connectivity index (χ1n) is 7.86. The molecule has 2 heterocycles. The van der Waals surface area contributed by atoms with Gasteiger partial charge < -0.3 is 15.0 Å². The Balaban J connectivity index is 2.14. The van der Waals surface area contributed by atoms with Gasteiger partial charge in [-0.05, 0) is 12.8 Å². The Kier molecular flexibility index (Phi) is 5.99. The number of hydrogen-bond acceptors (Lipinski definition) is 5. The number of nitrogens with zero attached hydrogens (tertiary/aromatic N) is 2. The van der Waals surface area contributed by atoms with Crippen molar-refractivity contribution in [2.45, 2.75) is 12.8 Å². The van der Waals surface area contributed by atoms with E-state index in [1.807, 2.05) is 0 Å². The summed E-state index contributed by atoms with van der Waals surface area (Å²) in [6.45, 7) is 2.03. The number of nitrogens with one attached hydrogen (secondary N) is 1. The zero-order valence-corrected chi connectivity index (χ0v) is 14.5. The fourth-order valence-corrected chi connectivity index (χ4v) is 3.92. The van der Waals surface area contributed by atoms with Crippen LogP contribution < -0.4 is 5.32 Å². The SMILES string of the molecule is CNC(=O)[C@H]1CN(C(=O)C2CCOCC2)CCN(S(C)(=O)=O)C1. The van der Waals surface area contributed by atoms with Crippen LogP contribution in [0.3, 0.4) is 0 Å². The molecule has 132 valence electrons. The number of hydrogen-bond donors (Lipinski definition) is 1. The predicted octanol–water partition coefficient (Wildman–Crippen LogP) is -1.12. The van der Waals surface area contributed by atoms with Gasteiger partial charge in [0.25, 0.3) is 0 Å². The summed E-state index contributed by atoms with van der Waals surface area (Å²) in [5.74, 6) is -0.900. The lowest BCUT2D eigenvalue weighted by atomic mass is 9.98. The van der Waals surface area contributed by atoms with Gasteiger partial charge in [0.1, 0.15) is 0 Å². The van der Waals surface area contributed by atoms with Crippen molar-refractivity contribution in [3.8, 4) is 0 Å². The maximum Gasteiger partial charge on any atom is 0.225 e. The molecule has 0 aliphatic carbocycles. The van der Waals surface area contributed by atoms with Crippen LogP contribution in [-0.4, -0.2) is 82.1 Å². The molecule has 8 nitrogen and oxygen atoms in total. The van der Waals surface area contributed by atoms with Crippen LogP contribution in [0.25, 0.3) is 0 Å². The Morgan fingerprint density at radius 3 is 2.30 bits per heavy atom. The summed E-state index contributed by atoms with van der Waals surface area (Å²) in [4.78, 5) is 26.4. The van der Waals surface area contributed by atoms with Crippen molar-refractivity contribution < 1.29 is 22.7 Å². The third-order valence-corrected chi connectivity index (χ3v) is 5.72. The van der Waals surface area contributed by atoms with Gasteiger partial charge in [-0.3, -0.25) is 9.59 Å². The lowest BCUT2D eigenvalue weighted by molar-refractivity contribution is -0.139. The highest BCUT2D eigenvalue weighted by Gasteiger charge is 2.35. The minimum Gasteiger partial charge on any atom is -0.381 e. The van der Waals surface area contributed by atoms with Gasteiger partial charge in [-0.15, -0.1) is 0 Å². The quantitative estimate of drug-likeness (QED) is 0.698. The number of carbonyl (C=O) groups is 2. The zero-order chi connectivity index (χ0) is 17.0. The number of amides is 2. The second kappa shape index (κ2) is 7.59. The number of carbonyl (C=O) groups excluding carboxylic acids is 2. The number of sulfonamides is 1. The molecule has 0 spiro atoms. The van der Waals surface area contributed by atoms with E-state index in [0.29, 0.717) is 32.6 Å². The van der Waals surface area contributed by atoms with E-state index in [9.17, 15) is 18.0 Å². The second-order valence-electron chi connectivity index (χ2n) is 6.10. The van der Waals surface area contributed by atoms with E-state index in [0.717, 1.165) is 6.26 Å². The largest absolute Gasteiger partial charge is 0.381 e. The van der Waals surface area contributed by atoms with Crippen molar-refractivity contribution in [1.29, 1.82) is 0 Å². The molecule has 1 N–H and O–H groups in total. The lowest BCUT2D eigenvalue weighted by Gasteiger charge is -2.29. The average molecular weight is 347 g/mol. The van der Waals surface area contributed by atoms with Crippen molar-refractivity contribution in [2.75, 3.05) is 52.7 Å². The molecule has 2 aliphatic heterocycles. The minimum atomic E-state index is -3.40. The normalized spacial score (nSPS) is 25.0. The highest BCUT2D eigenvalue weighted by molar-refractivity contribution is 7.88. The molecule has 0 saturated carbocycles. The van der Waals surface area contributed by atoms with Gasteiger partial charge in [-0.25, -0.2) is 8.42 Å². The van der Waals surface area contributed by atoms with Crippen molar-refractivity contribution >= 4 is 21.8 Å². The second-order valence-corrected chi connectivity index (χ2v) is 8.09. The smallest absolute Gasteiger partial charge is 0.225 e. The van der Waals surface area contributed by atoms with Crippen molar-refractivity contribution in [3.05, 3.63) is 0 Å². The molecule has 2 amide bonds. The Bertz CT molecular complexity index is 545. The molecule has 1 atom stereocenters. The van der Waals surface area contributed by atoms with Gasteiger partial charge in [0.2, 0.25) is 21.8 Å². The molecular weight excluding hydrogens is 322 g/mol. The Labute approximate surface area is 137 Å². The molecule has 0 aromatic heterocycles.